The fraction of sp³-hybridized carbons (Fsp3) is 0.562. The van der Waals surface area contributed by atoms with Crippen molar-refractivity contribution in [1.29, 1.82) is 0 Å². The largest absolute Gasteiger partial charge is 0.379 e. The summed E-state index contributed by atoms with van der Waals surface area (Å²) >= 11 is 5.36. The van der Waals surface area contributed by atoms with E-state index in [1.165, 1.54) is 5.56 Å². The van der Waals surface area contributed by atoms with Gasteiger partial charge in [-0.25, -0.2) is 0 Å². The Kier molecular flexibility index (Phi) is 6.92. The molecule has 1 aromatic carbocycles. The SMILES string of the molecule is CCc1ccccc1NC(=S)NCCCN1CCOCC1. The molecule has 4 nitrogen and oxygen atoms in total. The summed E-state index contributed by atoms with van der Waals surface area (Å²) in [6.07, 6.45) is 2.10. The lowest BCUT2D eigenvalue weighted by Crippen LogP contribution is -2.38. The van der Waals surface area contributed by atoms with Crippen LogP contribution in [-0.4, -0.2) is 49.4 Å². The number of hydrogen-bond acceptors (Lipinski definition) is 3. The summed E-state index contributed by atoms with van der Waals surface area (Å²) in [6, 6.07) is 8.29. The lowest BCUT2D eigenvalue weighted by molar-refractivity contribution is 0.0376. The van der Waals surface area contributed by atoms with E-state index in [9.17, 15) is 0 Å². The van der Waals surface area contributed by atoms with Crippen molar-refractivity contribution in [2.75, 3.05) is 44.7 Å². The Balaban J connectivity index is 1.65. The minimum atomic E-state index is 0.706. The summed E-state index contributed by atoms with van der Waals surface area (Å²) < 4.78 is 5.34. The highest BCUT2D eigenvalue weighted by molar-refractivity contribution is 7.80. The second-order valence-electron chi connectivity index (χ2n) is 5.20. The molecule has 0 saturated carbocycles. The Morgan fingerprint density at radius 3 is 2.81 bits per heavy atom. The molecule has 0 atom stereocenters. The third-order valence-electron chi connectivity index (χ3n) is 3.69. The molecule has 1 aromatic rings. The number of nitrogens with one attached hydrogen (secondary N) is 2. The van der Waals surface area contributed by atoms with Gasteiger partial charge in [0.1, 0.15) is 0 Å². The average Bonchev–Trinajstić information content (AvgIpc) is 2.53. The van der Waals surface area contributed by atoms with Crippen molar-refractivity contribution in [1.82, 2.24) is 10.2 Å². The number of nitrogens with zero attached hydrogens (tertiary/aromatic N) is 1. The zero-order valence-electron chi connectivity index (χ0n) is 12.7. The van der Waals surface area contributed by atoms with Crippen LogP contribution in [0.1, 0.15) is 18.9 Å². The molecule has 1 fully saturated rings. The first kappa shape index (κ1) is 16.2. The number of aryl methyl sites for hydroxylation is 1. The number of morpholine rings is 1. The van der Waals surface area contributed by atoms with Crippen molar-refractivity contribution in [3.63, 3.8) is 0 Å². The average molecular weight is 307 g/mol. The molecule has 1 aliphatic rings. The van der Waals surface area contributed by atoms with E-state index in [4.69, 9.17) is 17.0 Å². The quantitative estimate of drug-likeness (QED) is 0.623. The third-order valence-corrected chi connectivity index (χ3v) is 3.93. The van der Waals surface area contributed by atoms with Gasteiger partial charge < -0.3 is 15.4 Å². The Labute approximate surface area is 132 Å². The van der Waals surface area contributed by atoms with Gasteiger partial charge in [-0.15, -0.1) is 0 Å². The zero-order valence-corrected chi connectivity index (χ0v) is 13.5. The first-order valence-electron chi connectivity index (χ1n) is 7.72. The van der Waals surface area contributed by atoms with E-state index in [-0.39, 0.29) is 0 Å². The van der Waals surface area contributed by atoms with Gasteiger partial charge in [0.25, 0.3) is 0 Å². The molecule has 116 valence electrons. The molecule has 1 saturated heterocycles. The minimum absolute atomic E-state index is 0.706. The van der Waals surface area contributed by atoms with Crippen molar-refractivity contribution < 1.29 is 4.74 Å². The molecule has 21 heavy (non-hydrogen) atoms. The summed E-state index contributed by atoms with van der Waals surface area (Å²) in [7, 11) is 0. The van der Waals surface area contributed by atoms with Gasteiger partial charge in [0.15, 0.2) is 5.11 Å². The molecule has 0 unspecified atom stereocenters. The smallest absolute Gasteiger partial charge is 0.170 e. The molecule has 0 amide bonds. The van der Waals surface area contributed by atoms with Crippen LogP contribution in [0, 0.1) is 0 Å². The van der Waals surface area contributed by atoms with Gasteiger partial charge in [-0.1, -0.05) is 25.1 Å². The maximum absolute atomic E-state index is 5.36. The summed E-state index contributed by atoms with van der Waals surface area (Å²) in [4.78, 5) is 2.44. The van der Waals surface area contributed by atoms with Crippen LogP contribution in [0.2, 0.25) is 0 Å². The van der Waals surface area contributed by atoms with Crippen LogP contribution < -0.4 is 10.6 Å². The monoisotopic (exact) mass is 307 g/mol. The van der Waals surface area contributed by atoms with Gasteiger partial charge in [-0.05, 0) is 43.2 Å². The van der Waals surface area contributed by atoms with Gasteiger partial charge in [-0.2, -0.15) is 0 Å². The van der Waals surface area contributed by atoms with Gasteiger partial charge in [0, 0.05) is 25.3 Å². The molecule has 2 rings (SSSR count). The van der Waals surface area contributed by atoms with E-state index in [0.29, 0.717) is 5.11 Å². The number of hydrogen-bond donors (Lipinski definition) is 2. The van der Waals surface area contributed by atoms with Crippen molar-refractivity contribution in [2.24, 2.45) is 0 Å². The van der Waals surface area contributed by atoms with Gasteiger partial charge >= 0.3 is 0 Å². The molecule has 0 aromatic heterocycles. The zero-order chi connectivity index (χ0) is 14.9. The van der Waals surface area contributed by atoms with Crippen molar-refractivity contribution in [2.45, 2.75) is 19.8 Å². The topological polar surface area (TPSA) is 36.5 Å². The van der Waals surface area contributed by atoms with Crippen LogP contribution >= 0.6 is 12.2 Å². The van der Waals surface area contributed by atoms with E-state index in [1.807, 2.05) is 6.07 Å². The fourth-order valence-corrected chi connectivity index (χ4v) is 2.66. The first-order chi connectivity index (χ1) is 10.3. The lowest BCUT2D eigenvalue weighted by atomic mass is 10.1. The first-order valence-corrected chi connectivity index (χ1v) is 8.13. The number of anilines is 1. The van der Waals surface area contributed by atoms with Crippen LogP contribution in [0.4, 0.5) is 5.69 Å². The Morgan fingerprint density at radius 2 is 2.05 bits per heavy atom. The van der Waals surface area contributed by atoms with Gasteiger partial charge in [0.05, 0.1) is 13.2 Å². The summed E-state index contributed by atoms with van der Waals surface area (Å²) in [6.45, 7) is 7.98. The van der Waals surface area contributed by atoms with E-state index < -0.39 is 0 Å². The van der Waals surface area contributed by atoms with Crippen LogP contribution in [0.3, 0.4) is 0 Å². The number of para-hydroxylation sites is 1. The van der Waals surface area contributed by atoms with E-state index in [1.54, 1.807) is 0 Å². The Hall–Kier alpha value is -1.17. The Bertz CT molecular complexity index is 447. The summed E-state index contributed by atoms with van der Waals surface area (Å²) in [5.41, 5.74) is 2.39. The molecule has 2 N–H and O–H groups in total. The molecule has 1 heterocycles. The standard InChI is InChI=1S/C16H25N3OS/c1-2-14-6-3-4-7-15(14)18-16(21)17-8-5-9-19-10-12-20-13-11-19/h3-4,6-7H,2,5,8-13H2,1H3,(H2,17,18,21). The van der Waals surface area contributed by atoms with Gasteiger partial charge in [0.2, 0.25) is 0 Å². The van der Waals surface area contributed by atoms with Crippen molar-refractivity contribution in [3.8, 4) is 0 Å². The van der Waals surface area contributed by atoms with Crippen LogP contribution in [0.5, 0.6) is 0 Å². The maximum atomic E-state index is 5.36. The molecular weight excluding hydrogens is 282 g/mol. The predicted molar refractivity (Wildman–Crippen MR) is 91.9 cm³/mol. The highest BCUT2D eigenvalue weighted by Crippen LogP contribution is 2.15. The summed E-state index contributed by atoms with van der Waals surface area (Å²) in [5, 5.41) is 7.28. The predicted octanol–water partition coefficient (Wildman–Crippen LogP) is 2.26. The molecule has 0 bridgehead atoms. The minimum Gasteiger partial charge on any atom is -0.379 e. The van der Waals surface area contributed by atoms with Crippen LogP contribution in [0.15, 0.2) is 24.3 Å². The number of thiocarbonyl (C=S) groups is 1. The maximum Gasteiger partial charge on any atom is 0.170 e. The highest BCUT2D eigenvalue weighted by Gasteiger charge is 2.09. The normalized spacial score (nSPS) is 15.7. The van der Waals surface area contributed by atoms with E-state index >= 15 is 0 Å². The van der Waals surface area contributed by atoms with Crippen LogP contribution in [-0.2, 0) is 11.2 Å². The Morgan fingerprint density at radius 1 is 1.29 bits per heavy atom. The van der Waals surface area contributed by atoms with Crippen molar-refractivity contribution >= 4 is 23.0 Å². The molecule has 5 heteroatoms. The molecule has 0 aliphatic carbocycles. The lowest BCUT2D eigenvalue weighted by Gasteiger charge is -2.26. The van der Waals surface area contributed by atoms with E-state index in [2.05, 4.69) is 40.7 Å². The molecule has 1 aliphatic heterocycles. The second-order valence-corrected chi connectivity index (χ2v) is 5.61. The fourth-order valence-electron chi connectivity index (χ4n) is 2.45. The number of benzene rings is 1. The molecule has 0 radical (unpaired) electrons. The third kappa shape index (κ3) is 5.61. The van der Waals surface area contributed by atoms with E-state index in [0.717, 1.165) is 57.9 Å². The summed E-state index contributed by atoms with van der Waals surface area (Å²) in [5.74, 6) is 0. The molecule has 0 spiro atoms. The van der Waals surface area contributed by atoms with Crippen LogP contribution in [0.25, 0.3) is 0 Å². The second kappa shape index (κ2) is 8.97. The number of rotatable bonds is 6. The van der Waals surface area contributed by atoms with Crippen molar-refractivity contribution in [3.05, 3.63) is 29.8 Å². The molecular formula is C16H25N3OS. The number of ether oxygens (including phenoxy) is 1. The highest BCUT2D eigenvalue weighted by atomic mass is 32.1. The van der Waals surface area contributed by atoms with Gasteiger partial charge in [-0.3, -0.25) is 4.90 Å².